The van der Waals surface area contributed by atoms with Crippen LogP contribution in [0.1, 0.15) is 37.7 Å². The van der Waals surface area contributed by atoms with Gasteiger partial charge in [-0.15, -0.1) is 10.2 Å². The maximum absolute atomic E-state index is 13.1. The molecule has 0 aliphatic rings. The van der Waals surface area contributed by atoms with Crippen molar-refractivity contribution >= 4 is 23.7 Å². The van der Waals surface area contributed by atoms with Crippen molar-refractivity contribution in [1.82, 2.24) is 14.9 Å². The molecule has 0 atom stereocenters. The topological polar surface area (TPSA) is 105 Å². The van der Waals surface area contributed by atoms with E-state index < -0.39 is 4.92 Å². The summed E-state index contributed by atoms with van der Waals surface area (Å²) in [4.78, 5) is 11.1. The Bertz CT molecular complexity index is 1150. The molecule has 0 bridgehead atoms. The molecule has 1 heterocycles. The Hall–Kier alpha value is -3.47. The lowest BCUT2D eigenvalue weighted by atomic mass is 10.2. The van der Waals surface area contributed by atoms with Crippen LogP contribution in [-0.2, 0) is 12.2 Å². The Morgan fingerprint density at radius 2 is 2.00 bits per heavy atom. The highest BCUT2D eigenvalue weighted by molar-refractivity contribution is 7.98. The van der Waals surface area contributed by atoms with Gasteiger partial charge in [0.15, 0.2) is 11.6 Å². The second-order valence-electron chi connectivity index (χ2n) is 7.22. The van der Waals surface area contributed by atoms with Gasteiger partial charge in [0.2, 0.25) is 10.9 Å². The fourth-order valence-electron chi connectivity index (χ4n) is 2.90. The number of ether oxygens (including phenoxy) is 2. The second-order valence-corrected chi connectivity index (χ2v) is 8.16. The normalized spacial score (nSPS) is 11.3. The van der Waals surface area contributed by atoms with E-state index in [-0.39, 0.29) is 29.1 Å². The Morgan fingerprint density at radius 3 is 2.61 bits per heavy atom. The van der Waals surface area contributed by atoms with Crippen molar-refractivity contribution in [3.63, 3.8) is 0 Å². The molecular weight excluding hydrogens is 449 g/mol. The molecule has 0 saturated heterocycles. The van der Waals surface area contributed by atoms with Gasteiger partial charge >= 0.3 is 5.69 Å². The molecule has 11 heteroatoms. The van der Waals surface area contributed by atoms with E-state index in [9.17, 15) is 14.5 Å². The number of thioether (sulfide) groups is 1. The van der Waals surface area contributed by atoms with Crippen molar-refractivity contribution in [3.8, 4) is 11.5 Å². The monoisotopic (exact) mass is 473 g/mol. The van der Waals surface area contributed by atoms with E-state index in [1.807, 2.05) is 6.92 Å². The van der Waals surface area contributed by atoms with Crippen molar-refractivity contribution in [2.45, 2.75) is 44.2 Å². The van der Waals surface area contributed by atoms with Crippen LogP contribution < -0.4 is 9.47 Å². The first-order valence-corrected chi connectivity index (χ1v) is 11.2. The summed E-state index contributed by atoms with van der Waals surface area (Å²) >= 11 is 1.40. The van der Waals surface area contributed by atoms with Crippen molar-refractivity contribution in [2.75, 3.05) is 7.11 Å². The average Bonchev–Trinajstić information content (AvgIpc) is 3.19. The molecule has 3 aromatic rings. The zero-order valence-electron chi connectivity index (χ0n) is 18.7. The number of hydrogen-bond acceptors (Lipinski definition) is 8. The molecule has 0 saturated carbocycles. The lowest BCUT2D eigenvalue weighted by Crippen LogP contribution is -2.09. The molecular formula is C22H24FN5O4S. The van der Waals surface area contributed by atoms with Crippen molar-refractivity contribution in [2.24, 2.45) is 5.10 Å². The zero-order chi connectivity index (χ0) is 24.0. The van der Waals surface area contributed by atoms with Crippen molar-refractivity contribution < 1.29 is 18.8 Å². The Morgan fingerprint density at radius 1 is 1.27 bits per heavy atom. The summed E-state index contributed by atoms with van der Waals surface area (Å²) in [5.74, 6) is 1.21. The predicted octanol–water partition coefficient (Wildman–Crippen LogP) is 4.86. The number of hydrogen-bond donors (Lipinski definition) is 0. The quantitative estimate of drug-likeness (QED) is 0.179. The fraction of sp³-hybridized carbons (Fsp3) is 0.318. The highest BCUT2D eigenvalue weighted by Gasteiger charge is 2.23. The molecule has 2 aromatic carbocycles. The van der Waals surface area contributed by atoms with Crippen LogP contribution >= 0.6 is 11.8 Å². The maximum atomic E-state index is 13.1. The third-order valence-electron chi connectivity index (χ3n) is 4.42. The lowest BCUT2D eigenvalue weighted by molar-refractivity contribution is -0.386. The van der Waals surface area contributed by atoms with E-state index in [0.29, 0.717) is 28.7 Å². The molecule has 9 nitrogen and oxygen atoms in total. The van der Waals surface area contributed by atoms with E-state index >= 15 is 0 Å². The number of nitro groups is 1. The first kappa shape index (κ1) is 24.2. The molecule has 0 N–H and O–H groups in total. The minimum atomic E-state index is -0.516. The van der Waals surface area contributed by atoms with E-state index in [4.69, 9.17) is 9.47 Å². The van der Waals surface area contributed by atoms with Gasteiger partial charge in [-0.1, -0.05) is 30.8 Å². The van der Waals surface area contributed by atoms with E-state index in [2.05, 4.69) is 15.3 Å². The van der Waals surface area contributed by atoms with Gasteiger partial charge in [0.1, 0.15) is 5.82 Å². The number of halogens is 1. The Kier molecular flexibility index (Phi) is 7.99. The van der Waals surface area contributed by atoms with Crippen LogP contribution in [0.5, 0.6) is 11.5 Å². The number of aromatic nitrogens is 3. The Labute approximate surface area is 194 Å². The summed E-state index contributed by atoms with van der Waals surface area (Å²) < 4.78 is 25.7. The highest BCUT2D eigenvalue weighted by atomic mass is 32.2. The molecule has 0 spiro atoms. The van der Waals surface area contributed by atoms with Gasteiger partial charge < -0.3 is 9.47 Å². The number of methoxy groups -OCH3 is 1. The molecule has 1 aromatic heterocycles. The summed E-state index contributed by atoms with van der Waals surface area (Å²) in [6, 6.07) is 9.23. The van der Waals surface area contributed by atoms with Gasteiger partial charge in [-0.05, 0) is 37.6 Å². The number of aryl methyl sites for hydroxylation is 1. The van der Waals surface area contributed by atoms with Crippen LogP contribution in [0, 0.1) is 15.9 Å². The molecule has 174 valence electrons. The minimum absolute atomic E-state index is 0.0729. The van der Waals surface area contributed by atoms with Crippen LogP contribution in [0.15, 0.2) is 46.7 Å². The summed E-state index contributed by atoms with van der Waals surface area (Å²) in [6.07, 6.45) is 1.81. The number of benzene rings is 2. The smallest absolute Gasteiger partial charge is 0.315 e. The van der Waals surface area contributed by atoms with E-state index in [1.165, 1.54) is 43.3 Å². The van der Waals surface area contributed by atoms with E-state index in [1.54, 1.807) is 36.7 Å². The molecule has 0 aliphatic carbocycles. The molecule has 0 amide bonds. The van der Waals surface area contributed by atoms with Gasteiger partial charge in [0.05, 0.1) is 24.4 Å². The standard InChI is InChI=1S/C22H24FN5O4S/c1-5-20-25-26-22(33-13-15-6-8-17(23)9-7-15)27(20)24-12-16-10-18(28(29)30)21(32-14(2)3)19(11-16)31-4/h6-12,14H,5,13H2,1-4H3/b24-12-. The van der Waals surface area contributed by atoms with Crippen molar-refractivity contribution in [3.05, 3.63) is 69.3 Å². The van der Waals surface area contributed by atoms with Crippen molar-refractivity contribution in [1.29, 1.82) is 0 Å². The van der Waals surface area contributed by atoms with Crippen LogP contribution in [0.2, 0.25) is 0 Å². The van der Waals surface area contributed by atoms with Gasteiger partial charge in [-0.25, -0.2) is 4.39 Å². The molecule has 0 fully saturated rings. The molecule has 0 unspecified atom stereocenters. The zero-order valence-corrected chi connectivity index (χ0v) is 19.5. The first-order chi connectivity index (χ1) is 15.8. The minimum Gasteiger partial charge on any atom is -0.493 e. The van der Waals surface area contributed by atoms with Gasteiger partial charge in [-0.2, -0.15) is 9.78 Å². The fourth-order valence-corrected chi connectivity index (χ4v) is 3.76. The molecule has 3 rings (SSSR count). The van der Waals surface area contributed by atoms with Crippen LogP contribution in [0.4, 0.5) is 10.1 Å². The highest BCUT2D eigenvalue weighted by Crippen LogP contribution is 2.38. The molecule has 0 radical (unpaired) electrons. The van der Waals surface area contributed by atoms with Gasteiger partial charge in [0.25, 0.3) is 0 Å². The third kappa shape index (κ3) is 6.07. The summed E-state index contributed by atoms with van der Waals surface area (Å²) in [5, 5.41) is 25.0. The second kappa shape index (κ2) is 10.9. The molecule has 0 aliphatic heterocycles. The van der Waals surface area contributed by atoms with Gasteiger partial charge in [0, 0.05) is 23.8 Å². The predicted molar refractivity (Wildman–Crippen MR) is 124 cm³/mol. The lowest BCUT2D eigenvalue weighted by Gasteiger charge is -2.14. The summed E-state index contributed by atoms with van der Waals surface area (Å²) in [5.41, 5.74) is 1.17. The summed E-state index contributed by atoms with van der Waals surface area (Å²) in [7, 11) is 1.42. The number of rotatable bonds is 10. The van der Waals surface area contributed by atoms with Crippen LogP contribution in [0.3, 0.4) is 0 Å². The number of nitrogens with zero attached hydrogens (tertiary/aromatic N) is 5. The van der Waals surface area contributed by atoms with Crippen LogP contribution in [0.25, 0.3) is 0 Å². The van der Waals surface area contributed by atoms with E-state index in [0.717, 1.165) is 5.56 Å². The Balaban J connectivity index is 1.90. The SMILES string of the molecule is CCc1nnc(SCc2ccc(F)cc2)n1/N=C\c1cc(OC)c(OC(C)C)c([N+](=O)[O-])c1. The third-order valence-corrected chi connectivity index (χ3v) is 5.41. The molecule has 33 heavy (non-hydrogen) atoms. The summed E-state index contributed by atoms with van der Waals surface area (Å²) in [6.45, 7) is 5.49. The largest absolute Gasteiger partial charge is 0.493 e. The first-order valence-electron chi connectivity index (χ1n) is 10.2. The van der Waals surface area contributed by atoms with Gasteiger partial charge in [-0.3, -0.25) is 10.1 Å². The number of nitro benzene ring substituents is 1. The maximum Gasteiger partial charge on any atom is 0.315 e. The van der Waals surface area contributed by atoms with Crippen LogP contribution in [-0.4, -0.2) is 39.2 Å². The average molecular weight is 474 g/mol.